The highest BCUT2D eigenvalue weighted by Crippen LogP contribution is 2.40. The second kappa shape index (κ2) is 7.27. The molecule has 2 aromatic rings. The average Bonchev–Trinajstić information content (AvgIpc) is 2.97. The van der Waals surface area contributed by atoms with Crippen molar-refractivity contribution in [3.63, 3.8) is 0 Å². The fraction of sp³-hybridized carbons (Fsp3) is 0.368. The third kappa shape index (κ3) is 3.39. The molecule has 0 radical (unpaired) electrons. The molecule has 2 N–H and O–H groups in total. The van der Waals surface area contributed by atoms with Crippen molar-refractivity contribution in [2.24, 2.45) is 5.92 Å². The Bertz CT molecular complexity index is 813. The zero-order valence-electron chi connectivity index (χ0n) is 14.6. The molecule has 6 heteroatoms. The Morgan fingerprint density at radius 1 is 1.24 bits per heavy atom. The van der Waals surface area contributed by atoms with Gasteiger partial charge in [0.25, 0.3) is 11.8 Å². The van der Waals surface area contributed by atoms with Gasteiger partial charge < -0.3 is 15.4 Å². The number of carbonyl (C=O) groups is 2. The molecule has 0 unspecified atom stereocenters. The first-order chi connectivity index (χ1) is 12.0. The van der Waals surface area contributed by atoms with Gasteiger partial charge in [0.05, 0.1) is 18.2 Å². The molecule has 0 saturated heterocycles. The van der Waals surface area contributed by atoms with Crippen molar-refractivity contribution in [1.29, 1.82) is 0 Å². The van der Waals surface area contributed by atoms with Gasteiger partial charge in [-0.15, -0.1) is 11.3 Å². The van der Waals surface area contributed by atoms with Crippen LogP contribution in [0, 0.1) is 5.92 Å². The van der Waals surface area contributed by atoms with Crippen molar-refractivity contribution in [3.8, 4) is 5.75 Å². The largest absolute Gasteiger partial charge is 0.496 e. The van der Waals surface area contributed by atoms with Crippen LogP contribution in [-0.4, -0.2) is 26.0 Å². The maximum atomic E-state index is 12.7. The minimum absolute atomic E-state index is 0.151. The molecule has 1 aromatic carbocycles. The van der Waals surface area contributed by atoms with Crippen LogP contribution in [-0.2, 0) is 12.8 Å². The van der Waals surface area contributed by atoms with Gasteiger partial charge in [0.2, 0.25) is 0 Å². The average molecular weight is 358 g/mol. The van der Waals surface area contributed by atoms with Gasteiger partial charge in [-0.3, -0.25) is 9.59 Å². The molecule has 1 aliphatic carbocycles. The van der Waals surface area contributed by atoms with Gasteiger partial charge in [-0.25, -0.2) is 0 Å². The molecule has 1 heterocycles. The number of hydrogen-bond donors (Lipinski definition) is 2. The van der Waals surface area contributed by atoms with Gasteiger partial charge >= 0.3 is 0 Å². The molecule has 5 nitrogen and oxygen atoms in total. The maximum absolute atomic E-state index is 12.7. The molecule has 3 rings (SSSR count). The highest BCUT2D eigenvalue weighted by molar-refractivity contribution is 7.17. The first-order valence-electron chi connectivity index (χ1n) is 8.36. The van der Waals surface area contributed by atoms with E-state index in [2.05, 4.69) is 17.6 Å². The summed E-state index contributed by atoms with van der Waals surface area (Å²) in [7, 11) is 3.15. The third-order valence-corrected chi connectivity index (χ3v) is 5.71. The zero-order valence-corrected chi connectivity index (χ0v) is 15.5. The Kier molecular flexibility index (Phi) is 5.08. The lowest BCUT2D eigenvalue weighted by Crippen LogP contribution is -2.22. The number of carbonyl (C=O) groups excluding carboxylic acids is 2. The number of fused-ring (bicyclic) bond motifs is 1. The third-order valence-electron chi connectivity index (χ3n) is 4.54. The predicted molar refractivity (Wildman–Crippen MR) is 99.8 cm³/mol. The zero-order chi connectivity index (χ0) is 18.0. The Morgan fingerprint density at radius 3 is 2.72 bits per heavy atom. The highest BCUT2D eigenvalue weighted by atomic mass is 32.1. The Hall–Kier alpha value is -2.34. The molecule has 1 atom stereocenters. The summed E-state index contributed by atoms with van der Waals surface area (Å²) in [5, 5.41) is 6.24. The summed E-state index contributed by atoms with van der Waals surface area (Å²) in [6, 6.07) is 7.06. The number of methoxy groups -OCH3 is 1. The summed E-state index contributed by atoms with van der Waals surface area (Å²) in [4.78, 5) is 26.3. The molecule has 1 aromatic heterocycles. The van der Waals surface area contributed by atoms with Crippen molar-refractivity contribution < 1.29 is 14.3 Å². The monoisotopic (exact) mass is 358 g/mol. The number of nitrogens with one attached hydrogen (secondary N) is 2. The normalized spacial score (nSPS) is 16.0. The number of amides is 2. The van der Waals surface area contributed by atoms with Crippen LogP contribution in [0.1, 0.15) is 44.5 Å². The number of benzene rings is 1. The molecule has 0 fully saturated rings. The number of thiophene rings is 1. The molecule has 0 bridgehead atoms. The molecule has 2 amide bonds. The Balaban J connectivity index is 1.97. The van der Waals surface area contributed by atoms with Crippen molar-refractivity contribution in [2.45, 2.75) is 26.2 Å². The maximum Gasteiger partial charge on any atom is 0.260 e. The minimum Gasteiger partial charge on any atom is -0.496 e. The predicted octanol–water partition coefficient (Wildman–Crippen LogP) is 3.49. The van der Waals surface area contributed by atoms with Crippen LogP contribution < -0.4 is 15.4 Å². The smallest absolute Gasteiger partial charge is 0.260 e. The van der Waals surface area contributed by atoms with E-state index < -0.39 is 0 Å². The summed E-state index contributed by atoms with van der Waals surface area (Å²) in [5.74, 6) is 0.689. The lowest BCUT2D eigenvalue weighted by atomic mass is 9.88. The quantitative estimate of drug-likeness (QED) is 0.879. The van der Waals surface area contributed by atoms with Crippen molar-refractivity contribution in [1.82, 2.24) is 5.32 Å². The molecule has 1 aliphatic rings. The molecule has 132 valence electrons. The van der Waals surface area contributed by atoms with E-state index in [0.29, 0.717) is 27.8 Å². The summed E-state index contributed by atoms with van der Waals surface area (Å²) < 4.78 is 5.26. The molecular formula is C19H22N2O3S. The first-order valence-corrected chi connectivity index (χ1v) is 9.17. The lowest BCUT2D eigenvalue weighted by molar-refractivity contribution is 0.0963. The Morgan fingerprint density at radius 2 is 2.00 bits per heavy atom. The van der Waals surface area contributed by atoms with Crippen molar-refractivity contribution >= 4 is 28.2 Å². The van der Waals surface area contributed by atoms with Crippen LogP contribution >= 0.6 is 11.3 Å². The minimum atomic E-state index is -0.269. The molecule has 25 heavy (non-hydrogen) atoms. The van der Waals surface area contributed by atoms with Gasteiger partial charge in [0.15, 0.2) is 0 Å². The number of ether oxygens (including phenoxy) is 1. The lowest BCUT2D eigenvalue weighted by Gasteiger charge is -2.18. The van der Waals surface area contributed by atoms with Gasteiger partial charge in [-0.1, -0.05) is 19.1 Å². The van der Waals surface area contributed by atoms with E-state index in [1.807, 2.05) is 6.07 Å². The SMILES string of the molecule is CNC(=O)c1c(NC(=O)c2ccccc2OC)sc2c1CC[C@@H](C)C2. The second-order valence-corrected chi connectivity index (χ2v) is 7.39. The van der Waals surface area contributed by atoms with Gasteiger partial charge in [-0.2, -0.15) is 0 Å². The van der Waals surface area contributed by atoms with Crippen LogP contribution in [0.3, 0.4) is 0 Å². The molecular weight excluding hydrogens is 336 g/mol. The van der Waals surface area contributed by atoms with Crippen molar-refractivity contribution in [2.75, 3.05) is 19.5 Å². The van der Waals surface area contributed by atoms with Gasteiger partial charge in [0, 0.05) is 11.9 Å². The summed E-state index contributed by atoms with van der Waals surface area (Å²) >= 11 is 1.51. The standard InChI is InChI=1S/C19H22N2O3S/c1-11-8-9-13-15(10-11)25-19(16(13)18(23)20-2)21-17(22)12-6-4-5-7-14(12)24-3/h4-7,11H,8-10H2,1-3H3,(H,20,23)(H,21,22)/t11-/m1/s1. The molecule has 0 aliphatic heterocycles. The highest BCUT2D eigenvalue weighted by Gasteiger charge is 2.28. The first kappa shape index (κ1) is 17.5. The fourth-order valence-corrected chi connectivity index (χ4v) is 4.61. The molecule has 0 spiro atoms. The van der Waals surface area contributed by atoms with E-state index in [9.17, 15) is 9.59 Å². The Labute approximate surface area is 151 Å². The summed E-state index contributed by atoms with van der Waals surface area (Å²) in [6.45, 7) is 2.22. The molecule has 0 saturated carbocycles. The van der Waals surface area contributed by atoms with E-state index >= 15 is 0 Å². The van der Waals surface area contributed by atoms with Crippen molar-refractivity contribution in [3.05, 3.63) is 45.8 Å². The van der Waals surface area contributed by atoms with Crippen LogP contribution in [0.2, 0.25) is 0 Å². The second-order valence-electron chi connectivity index (χ2n) is 6.29. The van der Waals surface area contributed by atoms with Crippen LogP contribution in [0.15, 0.2) is 24.3 Å². The van der Waals surface area contributed by atoms with Gasteiger partial charge in [0.1, 0.15) is 10.8 Å². The van der Waals surface area contributed by atoms with Gasteiger partial charge in [-0.05, 0) is 42.9 Å². The van der Waals surface area contributed by atoms with E-state index in [1.165, 1.54) is 23.3 Å². The van der Waals surface area contributed by atoms with E-state index in [4.69, 9.17) is 4.74 Å². The van der Waals surface area contributed by atoms with E-state index in [1.54, 1.807) is 25.2 Å². The number of rotatable bonds is 4. The summed E-state index contributed by atoms with van der Waals surface area (Å²) in [6.07, 6.45) is 2.89. The number of anilines is 1. The number of hydrogen-bond acceptors (Lipinski definition) is 4. The fourth-order valence-electron chi connectivity index (χ4n) is 3.21. The topological polar surface area (TPSA) is 67.4 Å². The summed E-state index contributed by atoms with van der Waals surface area (Å²) in [5.41, 5.74) is 2.14. The van der Waals surface area contributed by atoms with Crippen LogP contribution in [0.4, 0.5) is 5.00 Å². The van der Waals surface area contributed by atoms with Crippen LogP contribution in [0.25, 0.3) is 0 Å². The van der Waals surface area contributed by atoms with E-state index in [0.717, 1.165) is 24.8 Å². The van der Waals surface area contributed by atoms with Crippen LogP contribution in [0.5, 0.6) is 5.75 Å². The van der Waals surface area contributed by atoms with E-state index in [-0.39, 0.29) is 11.8 Å². The number of para-hydroxylation sites is 1.